The van der Waals surface area contributed by atoms with Gasteiger partial charge in [-0.2, -0.15) is 0 Å². The number of ether oxygens (including phenoxy) is 1. The highest BCUT2D eigenvalue weighted by atomic mass is 19.1. The summed E-state index contributed by atoms with van der Waals surface area (Å²) in [6.45, 7) is 2.98. The van der Waals surface area contributed by atoms with Crippen molar-refractivity contribution < 1.29 is 9.13 Å². The molecule has 20 heavy (non-hydrogen) atoms. The first-order chi connectivity index (χ1) is 9.72. The molecule has 1 saturated carbocycles. The standard InChI is InChI=1S/C17H26FNO/c1-3-19-16(13-14-9-5-6-10-15(14)18)17(20-2)11-7-4-8-12-17/h5-6,9-10,16,19H,3-4,7-8,11-13H2,1-2H3. The van der Waals surface area contributed by atoms with Crippen LogP contribution in [0.25, 0.3) is 0 Å². The summed E-state index contributed by atoms with van der Waals surface area (Å²) in [5.41, 5.74) is 0.636. The van der Waals surface area contributed by atoms with Crippen molar-refractivity contribution >= 4 is 0 Å². The second-order valence-electron chi connectivity index (χ2n) is 5.74. The number of hydrogen-bond donors (Lipinski definition) is 1. The number of nitrogens with one attached hydrogen (secondary N) is 1. The minimum absolute atomic E-state index is 0.113. The first-order valence-corrected chi connectivity index (χ1v) is 7.74. The van der Waals surface area contributed by atoms with E-state index in [0.717, 1.165) is 24.9 Å². The second kappa shape index (κ2) is 7.19. The van der Waals surface area contributed by atoms with E-state index < -0.39 is 0 Å². The van der Waals surface area contributed by atoms with Crippen LogP contribution in [0.3, 0.4) is 0 Å². The van der Waals surface area contributed by atoms with Crippen molar-refractivity contribution in [3.8, 4) is 0 Å². The highest BCUT2D eigenvalue weighted by molar-refractivity contribution is 5.19. The molecular formula is C17H26FNO. The van der Waals surface area contributed by atoms with Gasteiger partial charge in [0.15, 0.2) is 0 Å². The summed E-state index contributed by atoms with van der Waals surface area (Å²) in [6, 6.07) is 7.25. The molecule has 2 nitrogen and oxygen atoms in total. The number of hydrogen-bond acceptors (Lipinski definition) is 2. The summed E-state index contributed by atoms with van der Waals surface area (Å²) in [4.78, 5) is 0. The van der Waals surface area contributed by atoms with Gasteiger partial charge in [-0.25, -0.2) is 4.39 Å². The van der Waals surface area contributed by atoms with E-state index in [1.54, 1.807) is 19.2 Å². The molecule has 0 aromatic heterocycles. The Labute approximate surface area is 121 Å². The van der Waals surface area contributed by atoms with Crippen LogP contribution in [0.5, 0.6) is 0 Å². The van der Waals surface area contributed by atoms with E-state index in [4.69, 9.17) is 4.74 Å². The Morgan fingerprint density at radius 1 is 1.25 bits per heavy atom. The Bertz CT molecular complexity index is 415. The predicted octanol–water partition coefficient (Wildman–Crippen LogP) is 3.70. The van der Waals surface area contributed by atoms with Gasteiger partial charge in [-0.15, -0.1) is 0 Å². The van der Waals surface area contributed by atoms with Crippen LogP contribution in [0, 0.1) is 5.82 Å². The maximum Gasteiger partial charge on any atom is 0.126 e. The molecule has 0 aliphatic heterocycles. The number of benzene rings is 1. The van der Waals surface area contributed by atoms with E-state index in [9.17, 15) is 4.39 Å². The first-order valence-electron chi connectivity index (χ1n) is 7.74. The molecule has 1 aliphatic rings. The van der Waals surface area contributed by atoms with E-state index in [1.165, 1.54) is 19.3 Å². The van der Waals surface area contributed by atoms with Gasteiger partial charge < -0.3 is 10.1 Å². The summed E-state index contributed by atoms with van der Waals surface area (Å²) in [5.74, 6) is -0.113. The molecule has 0 bridgehead atoms. The lowest BCUT2D eigenvalue weighted by Gasteiger charge is -2.43. The predicted molar refractivity (Wildman–Crippen MR) is 80.4 cm³/mol. The monoisotopic (exact) mass is 279 g/mol. The lowest BCUT2D eigenvalue weighted by molar-refractivity contribution is -0.0671. The van der Waals surface area contributed by atoms with E-state index in [1.807, 2.05) is 12.1 Å². The van der Waals surface area contributed by atoms with Crippen molar-refractivity contribution in [2.24, 2.45) is 0 Å². The summed E-state index contributed by atoms with van der Waals surface area (Å²) in [7, 11) is 1.80. The third kappa shape index (κ3) is 3.39. The summed E-state index contributed by atoms with van der Waals surface area (Å²) >= 11 is 0. The smallest absolute Gasteiger partial charge is 0.126 e. The van der Waals surface area contributed by atoms with Gasteiger partial charge in [0, 0.05) is 13.2 Å². The quantitative estimate of drug-likeness (QED) is 0.857. The number of rotatable bonds is 6. The molecule has 0 heterocycles. The van der Waals surface area contributed by atoms with Crippen LogP contribution < -0.4 is 5.32 Å². The minimum Gasteiger partial charge on any atom is -0.377 e. The molecule has 2 rings (SSSR count). The lowest BCUT2D eigenvalue weighted by Crippen LogP contribution is -2.54. The fourth-order valence-corrected chi connectivity index (χ4v) is 3.42. The van der Waals surface area contributed by atoms with Crippen LogP contribution >= 0.6 is 0 Å². The zero-order chi connectivity index (χ0) is 14.4. The Hall–Kier alpha value is -0.930. The number of likely N-dealkylation sites (N-methyl/N-ethyl adjacent to an activating group) is 1. The lowest BCUT2D eigenvalue weighted by atomic mass is 9.77. The van der Waals surface area contributed by atoms with Gasteiger partial charge in [0.2, 0.25) is 0 Å². The summed E-state index contributed by atoms with van der Waals surface area (Å²) in [6.07, 6.45) is 6.50. The second-order valence-corrected chi connectivity index (χ2v) is 5.74. The van der Waals surface area contributed by atoms with Crippen LogP contribution in [-0.2, 0) is 11.2 Å². The molecule has 1 N–H and O–H groups in total. The average Bonchev–Trinajstić information content (AvgIpc) is 2.49. The maximum absolute atomic E-state index is 13.9. The normalized spacial score (nSPS) is 19.8. The topological polar surface area (TPSA) is 21.3 Å². The van der Waals surface area contributed by atoms with Gasteiger partial charge in [0.1, 0.15) is 5.82 Å². The van der Waals surface area contributed by atoms with Gasteiger partial charge in [0.05, 0.1) is 5.60 Å². The van der Waals surface area contributed by atoms with Crippen LogP contribution in [0.15, 0.2) is 24.3 Å². The van der Waals surface area contributed by atoms with E-state index in [0.29, 0.717) is 6.42 Å². The van der Waals surface area contributed by atoms with Gasteiger partial charge in [-0.1, -0.05) is 44.4 Å². The molecule has 0 saturated heterocycles. The van der Waals surface area contributed by atoms with Gasteiger partial charge in [0.25, 0.3) is 0 Å². The Balaban J connectivity index is 2.19. The van der Waals surface area contributed by atoms with Crippen LogP contribution in [0.4, 0.5) is 4.39 Å². The molecule has 1 atom stereocenters. The maximum atomic E-state index is 13.9. The zero-order valence-corrected chi connectivity index (χ0v) is 12.6. The minimum atomic E-state index is -0.142. The summed E-state index contributed by atoms with van der Waals surface area (Å²) < 4.78 is 19.8. The molecule has 0 amide bonds. The van der Waals surface area contributed by atoms with Crippen LogP contribution in [-0.4, -0.2) is 25.3 Å². The largest absolute Gasteiger partial charge is 0.377 e. The molecule has 0 spiro atoms. The van der Waals surface area contributed by atoms with Gasteiger partial charge in [-0.05, 0) is 37.4 Å². The van der Waals surface area contributed by atoms with Gasteiger partial charge in [-0.3, -0.25) is 0 Å². The molecule has 1 unspecified atom stereocenters. The van der Waals surface area contributed by atoms with Crippen molar-refractivity contribution in [1.82, 2.24) is 5.32 Å². The molecule has 3 heteroatoms. The summed E-state index contributed by atoms with van der Waals surface area (Å²) in [5, 5.41) is 3.53. The molecule has 1 aromatic rings. The van der Waals surface area contributed by atoms with Crippen molar-refractivity contribution in [1.29, 1.82) is 0 Å². The number of halogens is 1. The van der Waals surface area contributed by atoms with Crippen LogP contribution in [0.1, 0.15) is 44.6 Å². The number of methoxy groups -OCH3 is 1. The van der Waals surface area contributed by atoms with E-state index in [2.05, 4.69) is 12.2 Å². The zero-order valence-electron chi connectivity index (χ0n) is 12.6. The Kier molecular flexibility index (Phi) is 5.55. The SMILES string of the molecule is CCNC(Cc1ccccc1F)C1(OC)CCCCC1. The highest BCUT2D eigenvalue weighted by Crippen LogP contribution is 2.35. The molecule has 0 radical (unpaired) electrons. The fourth-order valence-electron chi connectivity index (χ4n) is 3.42. The molecule has 1 fully saturated rings. The van der Waals surface area contributed by atoms with E-state index >= 15 is 0 Å². The molecule has 112 valence electrons. The first kappa shape index (κ1) is 15.5. The highest BCUT2D eigenvalue weighted by Gasteiger charge is 2.39. The van der Waals surface area contributed by atoms with Gasteiger partial charge >= 0.3 is 0 Å². The van der Waals surface area contributed by atoms with Crippen molar-refractivity contribution in [3.63, 3.8) is 0 Å². The van der Waals surface area contributed by atoms with Crippen molar-refractivity contribution in [2.45, 2.75) is 57.1 Å². The fraction of sp³-hybridized carbons (Fsp3) is 0.647. The Morgan fingerprint density at radius 2 is 1.95 bits per heavy atom. The van der Waals surface area contributed by atoms with E-state index in [-0.39, 0.29) is 17.5 Å². The van der Waals surface area contributed by atoms with Crippen molar-refractivity contribution in [3.05, 3.63) is 35.6 Å². The van der Waals surface area contributed by atoms with Crippen LogP contribution in [0.2, 0.25) is 0 Å². The Morgan fingerprint density at radius 3 is 2.55 bits per heavy atom. The van der Waals surface area contributed by atoms with Crippen molar-refractivity contribution in [2.75, 3.05) is 13.7 Å². The molecular weight excluding hydrogens is 253 g/mol. The molecule has 1 aliphatic carbocycles. The average molecular weight is 279 g/mol. The third-order valence-corrected chi connectivity index (χ3v) is 4.57. The molecule has 1 aromatic carbocycles. The third-order valence-electron chi connectivity index (χ3n) is 4.57.